The van der Waals surface area contributed by atoms with Crippen molar-refractivity contribution in [1.82, 2.24) is 4.98 Å². The van der Waals surface area contributed by atoms with E-state index in [4.69, 9.17) is 4.74 Å². The van der Waals surface area contributed by atoms with Crippen molar-refractivity contribution >= 4 is 15.9 Å². The van der Waals surface area contributed by atoms with Gasteiger partial charge in [0.15, 0.2) is 0 Å². The summed E-state index contributed by atoms with van der Waals surface area (Å²) in [6, 6.07) is 3.80. The average molecular weight is 274 g/mol. The quantitative estimate of drug-likeness (QED) is 0.915. The van der Waals surface area contributed by atoms with Crippen LogP contribution >= 0.6 is 15.9 Å². The Morgan fingerprint density at radius 1 is 1.53 bits per heavy atom. The number of aliphatic hydroxyl groups excluding tert-OH is 1. The van der Waals surface area contributed by atoms with E-state index in [-0.39, 0.29) is 0 Å². The van der Waals surface area contributed by atoms with Crippen LogP contribution in [-0.4, -0.2) is 28.9 Å². The second kappa shape index (κ2) is 5.05. The first-order valence-electron chi connectivity index (χ1n) is 4.79. The molecule has 0 aromatic carbocycles. The molecule has 0 spiro atoms. The molecule has 1 rings (SSSR count). The monoisotopic (exact) mass is 273 g/mol. The molecule has 0 radical (unpaired) electrons. The summed E-state index contributed by atoms with van der Waals surface area (Å²) in [5.74, 6) is 0. The largest absolute Gasteiger partial charge is 0.390 e. The Morgan fingerprint density at radius 3 is 2.67 bits per heavy atom. The second-order valence-electron chi connectivity index (χ2n) is 4.00. The fourth-order valence-electron chi connectivity index (χ4n) is 1.11. The molecule has 1 aromatic heterocycles. The molecule has 0 saturated heterocycles. The highest BCUT2D eigenvalue weighted by atomic mass is 79.9. The van der Waals surface area contributed by atoms with Crippen LogP contribution in [0.1, 0.15) is 19.5 Å². The highest BCUT2D eigenvalue weighted by molar-refractivity contribution is 9.10. The lowest BCUT2D eigenvalue weighted by atomic mass is 9.97. The van der Waals surface area contributed by atoms with Crippen LogP contribution in [0, 0.1) is 0 Å². The van der Waals surface area contributed by atoms with E-state index in [1.54, 1.807) is 13.3 Å². The molecule has 0 aliphatic rings. The van der Waals surface area contributed by atoms with Crippen molar-refractivity contribution in [3.05, 3.63) is 28.5 Å². The van der Waals surface area contributed by atoms with Crippen molar-refractivity contribution in [1.29, 1.82) is 0 Å². The highest BCUT2D eigenvalue weighted by Crippen LogP contribution is 2.17. The molecule has 1 N–H and O–H groups in total. The van der Waals surface area contributed by atoms with Crippen LogP contribution in [0.4, 0.5) is 0 Å². The molecule has 1 aromatic rings. The number of nitrogens with zero attached hydrogens (tertiary/aromatic N) is 1. The highest BCUT2D eigenvalue weighted by Gasteiger charge is 2.27. The standard InChI is InChI=1S/C11H16BrNO2/c1-11(2,15-3)10(14)6-9-5-4-8(12)7-13-9/h4-5,7,10,14H,6H2,1-3H3. The summed E-state index contributed by atoms with van der Waals surface area (Å²) >= 11 is 3.32. The van der Waals surface area contributed by atoms with E-state index < -0.39 is 11.7 Å². The Hall–Kier alpha value is -0.450. The zero-order valence-electron chi connectivity index (χ0n) is 9.20. The maximum atomic E-state index is 9.92. The van der Waals surface area contributed by atoms with Gasteiger partial charge in [-0.25, -0.2) is 0 Å². The Morgan fingerprint density at radius 2 is 2.20 bits per heavy atom. The number of aromatic nitrogens is 1. The molecule has 3 nitrogen and oxygen atoms in total. The minimum atomic E-state index is -0.559. The topological polar surface area (TPSA) is 42.4 Å². The van der Waals surface area contributed by atoms with Crippen molar-refractivity contribution in [2.24, 2.45) is 0 Å². The third-order valence-electron chi connectivity index (χ3n) is 2.52. The summed E-state index contributed by atoms with van der Waals surface area (Å²) in [4.78, 5) is 4.20. The van der Waals surface area contributed by atoms with Gasteiger partial charge in [-0.3, -0.25) is 4.98 Å². The molecule has 0 fully saturated rings. The number of methoxy groups -OCH3 is 1. The lowest BCUT2D eigenvalue weighted by molar-refractivity contribution is -0.0768. The van der Waals surface area contributed by atoms with Gasteiger partial charge in [0.2, 0.25) is 0 Å². The number of hydrogen-bond donors (Lipinski definition) is 1. The van der Waals surface area contributed by atoms with Gasteiger partial charge >= 0.3 is 0 Å². The maximum Gasteiger partial charge on any atom is 0.0884 e. The van der Waals surface area contributed by atoms with Crippen molar-refractivity contribution < 1.29 is 9.84 Å². The van der Waals surface area contributed by atoms with Gasteiger partial charge in [0, 0.05) is 29.9 Å². The summed E-state index contributed by atoms with van der Waals surface area (Å²) in [5.41, 5.74) is 0.310. The SMILES string of the molecule is COC(C)(C)C(O)Cc1ccc(Br)cn1. The fraction of sp³-hybridized carbons (Fsp3) is 0.545. The third kappa shape index (κ3) is 3.55. The van der Waals surface area contributed by atoms with Gasteiger partial charge in [-0.05, 0) is 41.9 Å². The van der Waals surface area contributed by atoms with Gasteiger partial charge in [0.25, 0.3) is 0 Å². The van der Waals surface area contributed by atoms with E-state index in [0.717, 1.165) is 10.2 Å². The molecule has 1 atom stereocenters. The minimum absolute atomic E-state index is 0.494. The summed E-state index contributed by atoms with van der Waals surface area (Å²) < 4.78 is 6.15. The zero-order chi connectivity index (χ0) is 11.5. The Labute approximate surface area is 98.6 Å². The van der Waals surface area contributed by atoms with Gasteiger partial charge in [-0.2, -0.15) is 0 Å². The van der Waals surface area contributed by atoms with Gasteiger partial charge < -0.3 is 9.84 Å². The van der Waals surface area contributed by atoms with E-state index in [2.05, 4.69) is 20.9 Å². The van der Waals surface area contributed by atoms with Crippen LogP contribution in [0.25, 0.3) is 0 Å². The number of aliphatic hydroxyl groups is 1. The molecule has 0 aliphatic carbocycles. The van der Waals surface area contributed by atoms with Crippen LogP contribution in [0.5, 0.6) is 0 Å². The zero-order valence-corrected chi connectivity index (χ0v) is 10.8. The molecule has 15 heavy (non-hydrogen) atoms. The molecule has 0 amide bonds. The van der Waals surface area contributed by atoms with Crippen molar-refractivity contribution in [3.63, 3.8) is 0 Å². The van der Waals surface area contributed by atoms with Gasteiger partial charge in [-0.1, -0.05) is 0 Å². The summed E-state index contributed by atoms with van der Waals surface area (Å²) in [5, 5.41) is 9.92. The molecule has 0 saturated carbocycles. The van der Waals surface area contributed by atoms with Crippen LogP contribution in [-0.2, 0) is 11.2 Å². The smallest absolute Gasteiger partial charge is 0.0884 e. The predicted octanol–water partition coefficient (Wildman–Crippen LogP) is 2.17. The number of pyridine rings is 1. The van der Waals surface area contributed by atoms with E-state index in [9.17, 15) is 5.11 Å². The molecular formula is C11H16BrNO2. The number of halogens is 1. The fourth-order valence-corrected chi connectivity index (χ4v) is 1.34. The molecule has 1 unspecified atom stereocenters. The number of rotatable bonds is 4. The number of hydrogen-bond acceptors (Lipinski definition) is 3. The second-order valence-corrected chi connectivity index (χ2v) is 4.91. The lowest BCUT2D eigenvalue weighted by Gasteiger charge is -2.28. The van der Waals surface area contributed by atoms with E-state index in [1.807, 2.05) is 26.0 Å². The molecule has 0 bridgehead atoms. The van der Waals surface area contributed by atoms with E-state index in [0.29, 0.717) is 6.42 Å². The van der Waals surface area contributed by atoms with Gasteiger partial charge in [-0.15, -0.1) is 0 Å². The summed E-state index contributed by atoms with van der Waals surface area (Å²) in [6.07, 6.45) is 1.66. The van der Waals surface area contributed by atoms with E-state index >= 15 is 0 Å². The maximum absolute atomic E-state index is 9.92. The van der Waals surface area contributed by atoms with Crippen LogP contribution in [0.3, 0.4) is 0 Å². The minimum Gasteiger partial charge on any atom is -0.390 e. The van der Waals surface area contributed by atoms with Crippen molar-refractivity contribution in [2.45, 2.75) is 32.0 Å². The lowest BCUT2D eigenvalue weighted by Crippen LogP contribution is -2.39. The number of ether oxygens (including phenoxy) is 1. The predicted molar refractivity (Wildman–Crippen MR) is 62.7 cm³/mol. The molecule has 4 heteroatoms. The first-order valence-corrected chi connectivity index (χ1v) is 5.58. The average Bonchev–Trinajstić information content (AvgIpc) is 2.21. The summed E-state index contributed by atoms with van der Waals surface area (Å²) in [7, 11) is 1.60. The molecule has 84 valence electrons. The first-order chi connectivity index (χ1) is 6.95. The van der Waals surface area contributed by atoms with E-state index in [1.165, 1.54) is 0 Å². The van der Waals surface area contributed by atoms with Crippen molar-refractivity contribution in [2.75, 3.05) is 7.11 Å². The third-order valence-corrected chi connectivity index (χ3v) is 2.99. The van der Waals surface area contributed by atoms with Crippen LogP contribution in [0.2, 0.25) is 0 Å². The Kier molecular flexibility index (Phi) is 4.25. The van der Waals surface area contributed by atoms with Crippen LogP contribution in [0.15, 0.2) is 22.8 Å². The Balaban J connectivity index is 2.66. The van der Waals surface area contributed by atoms with Crippen molar-refractivity contribution in [3.8, 4) is 0 Å². The first kappa shape index (κ1) is 12.6. The normalized spacial score (nSPS) is 13.9. The van der Waals surface area contributed by atoms with Gasteiger partial charge in [0.05, 0.1) is 11.7 Å². The molecular weight excluding hydrogens is 258 g/mol. The Bertz CT molecular complexity index is 311. The van der Waals surface area contributed by atoms with Crippen LogP contribution < -0.4 is 0 Å². The summed E-state index contributed by atoms with van der Waals surface area (Å²) in [6.45, 7) is 3.72. The molecule has 0 aliphatic heterocycles. The molecule has 1 heterocycles. The van der Waals surface area contributed by atoms with Gasteiger partial charge in [0.1, 0.15) is 0 Å².